The molecule has 0 atom stereocenters. The number of aromatic nitrogens is 2. The Morgan fingerprint density at radius 2 is 1.86 bits per heavy atom. The third kappa shape index (κ3) is 3.01. The average molecular weight is 379 g/mol. The van der Waals surface area contributed by atoms with Gasteiger partial charge in [0.25, 0.3) is 5.91 Å². The lowest BCUT2D eigenvalue weighted by Crippen LogP contribution is -2.48. The van der Waals surface area contributed by atoms with Crippen LogP contribution in [0.15, 0.2) is 42.5 Å². The molecule has 5 rings (SSSR count). The number of H-pyrrole nitrogens is 1. The van der Waals surface area contributed by atoms with E-state index in [1.54, 1.807) is 6.07 Å². The summed E-state index contributed by atoms with van der Waals surface area (Å²) in [5.74, 6) is 0.774. The highest BCUT2D eigenvalue weighted by Gasteiger charge is 2.27. The van der Waals surface area contributed by atoms with E-state index < -0.39 is 0 Å². The fourth-order valence-electron chi connectivity index (χ4n) is 4.16. The number of nitrogens with one attached hydrogen (secondary N) is 1. The van der Waals surface area contributed by atoms with Crippen molar-refractivity contribution in [1.82, 2.24) is 20.0 Å². The summed E-state index contributed by atoms with van der Waals surface area (Å²) in [7, 11) is 0. The smallest absolute Gasteiger partial charge is 0.254 e. The molecular formula is C21H22FN5O. The van der Waals surface area contributed by atoms with Gasteiger partial charge < -0.3 is 9.80 Å². The van der Waals surface area contributed by atoms with Crippen LogP contribution in [-0.2, 0) is 6.54 Å². The first-order chi connectivity index (χ1) is 13.7. The molecule has 1 aromatic heterocycles. The third-order valence-corrected chi connectivity index (χ3v) is 5.76. The Bertz CT molecular complexity index is 1020. The van der Waals surface area contributed by atoms with Gasteiger partial charge in [-0.1, -0.05) is 18.2 Å². The standard InChI is InChI=1S/C21H22FN5O/c22-16-5-6-18-19(13-16)23-24-20(18)26-10-7-25(8-11-26)9-12-27-14-15-3-1-2-4-17(15)21(27)28/h1-6,13H,7-12,14H2,(H,23,24). The normalized spacial score (nSPS) is 17.5. The second kappa shape index (κ2) is 6.91. The van der Waals surface area contributed by atoms with E-state index in [1.165, 1.54) is 12.1 Å². The molecule has 1 saturated heterocycles. The lowest BCUT2D eigenvalue weighted by Gasteiger charge is -2.35. The minimum atomic E-state index is -0.258. The van der Waals surface area contributed by atoms with Crippen molar-refractivity contribution in [3.05, 3.63) is 59.4 Å². The number of piperazine rings is 1. The van der Waals surface area contributed by atoms with Crippen LogP contribution in [-0.4, -0.2) is 65.2 Å². The van der Waals surface area contributed by atoms with Crippen LogP contribution >= 0.6 is 0 Å². The molecule has 2 aliphatic rings. The molecule has 3 heterocycles. The van der Waals surface area contributed by atoms with Crippen LogP contribution in [0.1, 0.15) is 15.9 Å². The highest BCUT2D eigenvalue weighted by Crippen LogP contribution is 2.26. The lowest BCUT2D eigenvalue weighted by atomic mass is 10.1. The Balaban J connectivity index is 1.17. The summed E-state index contributed by atoms with van der Waals surface area (Å²) in [6.07, 6.45) is 0. The number of halogens is 1. The van der Waals surface area contributed by atoms with Crippen molar-refractivity contribution in [2.24, 2.45) is 0 Å². The van der Waals surface area contributed by atoms with Gasteiger partial charge in [-0.25, -0.2) is 4.39 Å². The summed E-state index contributed by atoms with van der Waals surface area (Å²) in [5.41, 5.74) is 2.69. The molecule has 7 heteroatoms. The first kappa shape index (κ1) is 17.2. The van der Waals surface area contributed by atoms with Gasteiger partial charge in [-0.05, 0) is 29.8 Å². The second-order valence-electron chi connectivity index (χ2n) is 7.45. The highest BCUT2D eigenvalue weighted by molar-refractivity contribution is 5.98. The monoisotopic (exact) mass is 379 g/mol. The van der Waals surface area contributed by atoms with Gasteiger partial charge in [0, 0.05) is 56.8 Å². The molecule has 2 aliphatic heterocycles. The quantitative estimate of drug-likeness (QED) is 0.757. The number of carbonyl (C=O) groups is 1. The van der Waals surface area contributed by atoms with Gasteiger partial charge in [-0.2, -0.15) is 5.10 Å². The predicted octanol–water partition coefficient (Wildman–Crippen LogP) is 2.48. The Morgan fingerprint density at radius 3 is 2.68 bits per heavy atom. The highest BCUT2D eigenvalue weighted by atomic mass is 19.1. The Kier molecular flexibility index (Phi) is 4.24. The molecule has 144 valence electrons. The van der Waals surface area contributed by atoms with Crippen molar-refractivity contribution < 1.29 is 9.18 Å². The lowest BCUT2D eigenvalue weighted by molar-refractivity contribution is 0.0756. The number of hydrogen-bond donors (Lipinski definition) is 1. The van der Waals surface area contributed by atoms with E-state index in [-0.39, 0.29) is 11.7 Å². The first-order valence-electron chi connectivity index (χ1n) is 9.67. The van der Waals surface area contributed by atoms with Gasteiger partial charge in [-0.15, -0.1) is 0 Å². The summed E-state index contributed by atoms with van der Waals surface area (Å²) < 4.78 is 13.4. The largest absolute Gasteiger partial charge is 0.352 e. The van der Waals surface area contributed by atoms with Crippen molar-refractivity contribution in [3.8, 4) is 0 Å². The van der Waals surface area contributed by atoms with Crippen molar-refractivity contribution in [1.29, 1.82) is 0 Å². The van der Waals surface area contributed by atoms with Crippen LogP contribution in [0.5, 0.6) is 0 Å². The Morgan fingerprint density at radius 1 is 1.04 bits per heavy atom. The van der Waals surface area contributed by atoms with Gasteiger partial charge in [0.15, 0.2) is 5.82 Å². The molecule has 0 unspecified atom stereocenters. The molecule has 1 amide bonds. The molecule has 0 aliphatic carbocycles. The molecule has 0 spiro atoms. The van der Waals surface area contributed by atoms with Gasteiger partial charge in [0.05, 0.1) is 5.52 Å². The van der Waals surface area contributed by atoms with Crippen molar-refractivity contribution in [2.75, 3.05) is 44.2 Å². The second-order valence-corrected chi connectivity index (χ2v) is 7.45. The molecule has 0 radical (unpaired) electrons. The fraction of sp³-hybridized carbons (Fsp3) is 0.333. The van der Waals surface area contributed by atoms with E-state index in [2.05, 4.69) is 20.0 Å². The van der Waals surface area contributed by atoms with E-state index in [9.17, 15) is 9.18 Å². The van der Waals surface area contributed by atoms with Crippen molar-refractivity contribution in [3.63, 3.8) is 0 Å². The van der Waals surface area contributed by atoms with Crippen molar-refractivity contribution >= 4 is 22.6 Å². The number of nitrogens with zero attached hydrogens (tertiary/aromatic N) is 4. The molecule has 0 bridgehead atoms. The van der Waals surface area contributed by atoms with Crippen LogP contribution in [0.3, 0.4) is 0 Å². The van der Waals surface area contributed by atoms with E-state index in [0.29, 0.717) is 6.54 Å². The van der Waals surface area contributed by atoms with Gasteiger partial charge in [0.1, 0.15) is 5.82 Å². The summed E-state index contributed by atoms with van der Waals surface area (Å²) in [6, 6.07) is 12.6. The van der Waals surface area contributed by atoms with Gasteiger partial charge in [-0.3, -0.25) is 14.8 Å². The molecular weight excluding hydrogens is 357 g/mol. The number of carbonyl (C=O) groups excluding carboxylic acids is 1. The molecule has 3 aromatic rings. The van der Waals surface area contributed by atoms with Gasteiger partial charge in [0.2, 0.25) is 0 Å². The zero-order chi connectivity index (χ0) is 19.1. The number of hydrogen-bond acceptors (Lipinski definition) is 4. The first-order valence-corrected chi connectivity index (χ1v) is 9.67. The summed E-state index contributed by atoms with van der Waals surface area (Å²) in [4.78, 5) is 19.1. The number of rotatable bonds is 4. The summed E-state index contributed by atoms with van der Waals surface area (Å²) >= 11 is 0. The molecule has 1 N–H and O–H groups in total. The maximum atomic E-state index is 13.4. The zero-order valence-corrected chi connectivity index (χ0v) is 15.6. The predicted molar refractivity (Wildman–Crippen MR) is 106 cm³/mol. The number of amides is 1. The zero-order valence-electron chi connectivity index (χ0n) is 15.6. The van der Waals surface area contributed by atoms with E-state index >= 15 is 0 Å². The number of benzene rings is 2. The Hall–Kier alpha value is -2.93. The number of anilines is 1. The topological polar surface area (TPSA) is 55.5 Å². The average Bonchev–Trinajstić information content (AvgIpc) is 3.28. The van der Waals surface area contributed by atoms with Crippen LogP contribution in [0.25, 0.3) is 10.9 Å². The minimum Gasteiger partial charge on any atom is -0.352 e. The molecule has 0 saturated carbocycles. The minimum absolute atomic E-state index is 0.143. The molecule has 1 fully saturated rings. The van der Waals surface area contributed by atoms with E-state index in [4.69, 9.17) is 0 Å². The van der Waals surface area contributed by atoms with Crippen molar-refractivity contribution in [2.45, 2.75) is 6.54 Å². The van der Waals surface area contributed by atoms with E-state index in [0.717, 1.165) is 67.1 Å². The van der Waals surface area contributed by atoms with Gasteiger partial charge >= 0.3 is 0 Å². The summed E-state index contributed by atoms with van der Waals surface area (Å²) in [5, 5.41) is 8.27. The fourth-order valence-corrected chi connectivity index (χ4v) is 4.16. The maximum absolute atomic E-state index is 13.4. The maximum Gasteiger partial charge on any atom is 0.254 e. The van der Waals surface area contributed by atoms with E-state index in [1.807, 2.05) is 29.2 Å². The molecule has 2 aromatic carbocycles. The molecule has 6 nitrogen and oxygen atoms in total. The number of aromatic amines is 1. The van der Waals surface area contributed by atoms with Crippen LogP contribution < -0.4 is 4.90 Å². The van der Waals surface area contributed by atoms with Crippen LogP contribution in [0.4, 0.5) is 10.2 Å². The van der Waals surface area contributed by atoms with Crippen LogP contribution in [0.2, 0.25) is 0 Å². The number of fused-ring (bicyclic) bond motifs is 2. The summed E-state index contributed by atoms with van der Waals surface area (Å²) in [6.45, 7) is 5.91. The van der Waals surface area contributed by atoms with Crippen LogP contribution in [0, 0.1) is 5.82 Å². The Labute approximate surface area is 162 Å². The SMILES string of the molecule is O=C1c2ccccc2CN1CCN1CCN(c2n[nH]c3cc(F)ccc23)CC1. The molecule has 28 heavy (non-hydrogen) atoms. The third-order valence-electron chi connectivity index (χ3n) is 5.76.